The van der Waals surface area contributed by atoms with Crippen molar-refractivity contribution in [2.24, 2.45) is 0 Å². The zero-order valence-electron chi connectivity index (χ0n) is 21.2. The van der Waals surface area contributed by atoms with Crippen molar-refractivity contribution in [2.75, 3.05) is 24.8 Å². The number of amides is 1. The van der Waals surface area contributed by atoms with E-state index in [2.05, 4.69) is 0 Å². The van der Waals surface area contributed by atoms with E-state index in [1.165, 1.54) is 28.1 Å². The monoisotopic (exact) mass is 529 g/mol. The first-order chi connectivity index (χ1) is 18.2. The number of ketones is 1. The zero-order chi connectivity index (χ0) is 27.4. The number of pyridine rings is 1. The van der Waals surface area contributed by atoms with E-state index in [0.717, 1.165) is 12.1 Å². The van der Waals surface area contributed by atoms with Crippen LogP contribution in [0.5, 0.6) is 5.75 Å². The van der Waals surface area contributed by atoms with E-state index in [1.54, 1.807) is 17.1 Å². The molecule has 3 heterocycles. The summed E-state index contributed by atoms with van der Waals surface area (Å²) in [6, 6.07) is 6.49. The first-order valence-corrected chi connectivity index (χ1v) is 12.3. The smallest absolute Gasteiger partial charge is 0.277 e. The van der Waals surface area contributed by atoms with E-state index in [1.807, 2.05) is 13.8 Å². The molecule has 0 fully saturated rings. The molecule has 0 saturated carbocycles. The Morgan fingerprint density at radius 2 is 2.00 bits per heavy atom. The number of nitrogens with zero attached hydrogens (tertiary/aromatic N) is 3. The molecule has 1 amide bonds. The molecular weight excluding hydrogens is 500 g/mol. The number of rotatable bonds is 11. The van der Waals surface area contributed by atoms with Gasteiger partial charge in [-0.1, -0.05) is 6.07 Å². The first kappa shape index (κ1) is 27.1. The summed E-state index contributed by atoms with van der Waals surface area (Å²) in [5, 5.41) is 12.5. The molecule has 0 bridgehead atoms. The molecule has 3 aromatic rings. The SMILES string of the molecule is CC(C)OCCCN1CN(Cc2ccco2)n2cc(C(=O)CCc3ccc(F)cc3F)c(=O)c(O)c2C1=O. The third kappa shape index (κ3) is 5.94. The van der Waals surface area contributed by atoms with Gasteiger partial charge in [-0.25, -0.2) is 8.78 Å². The lowest BCUT2D eigenvalue weighted by molar-refractivity contribution is 0.0565. The van der Waals surface area contributed by atoms with Gasteiger partial charge in [0.15, 0.2) is 17.2 Å². The summed E-state index contributed by atoms with van der Waals surface area (Å²) in [7, 11) is 0. The Morgan fingerprint density at radius 3 is 2.68 bits per heavy atom. The predicted molar refractivity (Wildman–Crippen MR) is 134 cm³/mol. The molecule has 0 aliphatic carbocycles. The Morgan fingerprint density at radius 1 is 1.21 bits per heavy atom. The fraction of sp³-hybridized carbons (Fsp3) is 0.370. The molecule has 202 valence electrons. The van der Waals surface area contributed by atoms with Gasteiger partial charge in [-0.2, -0.15) is 0 Å². The topological polar surface area (TPSA) is 105 Å². The second-order valence-electron chi connectivity index (χ2n) is 9.30. The molecule has 0 unspecified atom stereocenters. The van der Waals surface area contributed by atoms with Gasteiger partial charge in [-0.3, -0.25) is 24.1 Å². The minimum Gasteiger partial charge on any atom is -0.502 e. The molecule has 0 saturated heterocycles. The molecule has 1 N–H and O–H groups in total. The maximum absolute atomic E-state index is 14.0. The summed E-state index contributed by atoms with van der Waals surface area (Å²) in [6.07, 6.45) is 2.97. The summed E-state index contributed by atoms with van der Waals surface area (Å²) >= 11 is 0. The van der Waals surface area contributed by atoms with Gasteiger partial charge in [-0.05, 0) is 50.5 Å². The lowest BCUT2D eigenvalue weighted by atomic mass is 10.0. The molecule has 4 rings (SSSR count). The van der Waals surface area contributed by atoms with Gasteiger partial charge in [0, 0.05) is 31.8 Å². The molecule has 2 aromatic heterocycles. The van der Waals surface area contributed by atoms with Crippen LogP contribution in [-0.2, 0) is 17.7 Å². The lowest BCUT2D eigenvalue weighted by Crippen LogP contribution is -2.54. The summed E-state index contributed by atoms with van der Waals surface area (Å²) in [5.41, 5.74) is -1.48. The number of ether oxygens (including phenoxy) is 1. The number of hydrogen-bond donors (Lipinski definition) is 1. The van der Waals surface area contributed by atoms with E-state index in [-0.39, 0.29) is 49.0 Å². The van der Waals surface area contributed by atoms with Gasteiger partial charge < -0.3 is 19.2 Å². The summed E-state index contributed by atoms with van der Waals surface area (Å²) in [4.78, 5) is 40.7. The Labute approximate surface area is 217 Å². The van der Waals surface area contributed by atoms with Crippen molar-refractivity contribution < 1.29 is 32.6 Å². The quantitative estimate of drug-likeness (QED) is 0.299. The van der Waals surface area contributed by atoms with Crippen molar-refractivity contribution in [1.29, 1.82) is 0 Å². The second-order valence-corrected chi connectivity index (χ2v) is 9.30. The Bertz CT molecular complexity index is 1370. The number of Topliss-reactive ketones (excluding diaryl/α,β-unsaturated/α-hetero) is 1. The van der Waals surface area contributed by atoms with E-state index in [0.29, 0.717) is 25.3 Å². The van der Waals surface area contributed by atoms with E-state index < -0.39 is 34.5 Å². The Hall–Kier alpha value is -3.99. The number of hydrogen-bond acceptors (Lipinski definition) is 7. The van der Waals surface area contributed by atoms with Crippen LogP contribution in [0.2, 0.25) is 0 Å². The number of aryl methyl sites for hydroxylation is 1. The van der Waals surface area contributed by atoms with Crippen LogP contribution < -0.4 is 10.4 Å². The molecule has 1 aromatic carbocycles. The number of aromatic nitrogens is 1. The molecule has 1 aliphatic rings. The van der Waals surface area contributed by atoms with Gasteiger partial charge in [0.1, 0.15) is 24.1 Å². The minimum atomic E-state index is -0.989. The number of aromatic hydroxyl groups is 1. The van der Waals surface area contributed by atoms with E-state index in [4.69, 9.17) is 9.15 Å². The minimum absolute atomic E-state index is 0.0429. The maximum Gasteiger partial charge on any atom is 0.277 e. The third-order valence-corrected chi connectivity index (χ3v) is 6.17. The van der Waals surface area contributed by atoms with E-state index in [9.17, 15) is 28.3 Å². The highest BCUT2D eigenvalue weighted by molar-refractivity contribution is 6.00. The highest BCUT2D eigenvalue weighted by atomic mass is 19.1. The molecule has 1 aliphatic heterocycles. The van der Waals surface area contributed by atoms with Crippen molar-refractivity contribution in [3.05, 3.63) is 87.2 Å². The zero-order valence-corrected chi connectivity index (χ0v) is 21.2. The van der Waals surface area contributed by atoms with Crippen LogP contribution in [0.25, 0.3) is 0 Å². The summed E-state index contributed by atoms with van der Waals surface area (Å²) in [5.74, 6) is -3.03. The van der Waals surface area contributed by atoms with Crippen LogP contribution in [0.1, 0.15) is 58.9 Å². The second kappa shape index (κ2) is 11.6. The van der Waals surface area contributed by atoms with Crippen molar-refractivity contribution in [3.8, 4) is 5.75 Å². The van der Waals surface area contributed by atoms with Crippen LogP contribution in [-0.4, -0.2) is 52.3 Å². The third-order valence-electron chi connectivity index (χ3n) is 6.17. The predicted octanol–water partition coefficient (Wildman–Crippen LogP) is 3.61. The molecule has 0 spiro atoms. The lowest BCUT2D eigenvalue weighted by Gasteiger charge is -2.39. The van der Waals surface area contributed by atoms with Crippen LogP contribution in [0, 0.1) is 11.6 Å². The maximum atomic E-state index is 14.0. The highest BCUT2D eigenvalue weighted by Crippen LogP contribution is 2.24. The fourth-order valence-electron chi connectivity index (χ4n) is 4.25. The van der Waals surface area contributed by atoms with Crippen molar-refractivity contribution in [1.82, 2.24) is 9.58 Å². The fourth-order valence-corrected chi connectivity index (χ4v) is 4.25. The average Bonchev–Trinajstić information content (AvgIpc) is 3.38. The number of benzene rings is 1. The average molecular weight is 530 g/mol. The molecule has 9 nitrogen and oxygen atoms in total. The van der Waals surface area contributed by atoms with Gasteiger partial charge in [-0.15, -0.1) is 0 Å². The largest absolute Gasteiger partial charge is 0.502 e. The first-order valence-electron chi connectivity index (χ1n) is 12.3. The Balaban J connectivity index is 1.62. The summed E-state index contributed by atoms with van der Waals surface area (Å²) < 4.78 is 39.5. The van der Waals surface area contributed by atoms with Crippen LogP contribution >= 0.6 is 0 Å². The van der Waals surface area contributed by atoms with Crippen molar-refractivity contribution in [3.63, 3.8) is 0 Å². The number of halogens is 2. The molecule has 38 heavy (non-hydrogen) atoms. The normalized spacial score (nSPS) is 13.3. The van der Waals surface area contributed by atoms with Gasteiger partial charge in [0.2, 0.25) is 5.43 Å². The Kier molecular flexibility index (Phi) is 8.26. The van der Waals surface area contributed by atoms with Crippen LogP contribution in [0.4, 0.5) is 8.78 Å². The number of carbonyl (C=O) groups excluding carboxylic acids is 2. The number of carbonyl (C=O) groups is 2. The molecule has 0 atom stereocenters. The van der Waals surface area contributed by atoms with Gasteiger partial charge in [0.25, 0.3) is 5.91 Å². The van der Waals surface area contributed by atoms with Gasteiger partial charge in [0.05, 0.1) is 24.5 Å². The van der Waals surface area contributed by atoms with Crippen molar-refractivity contribution >= 4 is 11.7 Å². The number of fused-ring (bicyclic) bond motifs is 1. The molecule has 11 heteroatoms. The van der Waals surface area contributed by atoms with Gasteiger partial charge >= 0.3 is 0 Å². The molecular formula is C27H29F2N3O6. The van der Waals surface area contributed by atoms with Crippen LogP contribution in [0.15, 0.2) is 52.0 Å². The number of furan rings is 1. The summed E-state index contributed by atoms with van der Waals surface area (Å²) in [6.45, 7) is 4.85. The standard InChI is InChI=1S/C27H29F2N3O6/c1-17(2)37-12-4-10-30-16-31(14-20-5-3-11-38-20)32-15-21(25(34)26(35)24(32)27(30)36)23(33)9-7-18-6-8-19(28)13-22(18)29/h3,5-6,8,11,13,15,17,35H,4,7,9-10,12,14,16H2,1-2H3. The highest BCUT2D eigenvalue weighted by Gasteiger charge is 2.34. The van der Waals surface area contributed by atoms with Crippen LogP contribution in [0.3, 0.4) is 0 Å². The van der Waals surface area contributed by atoms with Crippen molar-refractivity contribution in [2.45, 2.75) is 45.8 Å². The van der Waals surface area contributed by atoms with E-state index >= 15 is 0 Å². The molecule has 0 radical (unpaired) electrons.